The second-order valence-electron chi connectivity index (χ2n) is 3.45. The number of rotatable bonds is 1. The van der Waals surface area contributed by atoms with Crippen LogP contribution in [0.25, 0.3) is 0 Å². The monoisotopic (exact) mass is 180 g/mol. The Morgan fingerprint density at radius 3 is 3.17 bits per heavy atom. The van der Waals surface area contributed by atoms with Crippen LogP contribution < -0.4 is 0 Å². The quantitative estimate of drug-likeness (QED) is 0.607. The highest BCUT2D eigenvalue weighted by molar-refractivity contribution is 7.13. The Hall–Kier alpha value is -0.630. The van der Waals surface area contributed by atoms with Gasteiger partial charge in [-0.3, -0.25) is 4.79 Å². The molecular formula is C10H12OS. The molecule has 0 bridgehead atoms. The summed E-state index contributed by atoms with van der Waals surface area (Å²) in [6, 6.07) is 2.06. The zero-order valence-corrected chi connectivity index (χ0v) is 7.99. The standard InChI is InChI=1S/C10H12OS/c1-7-3-2-4-8-5-9(6-11)12-10(7)8/h5-7H,2-4H2,1H3. The molecule has 1 heterocycles. The SMILES string of the molecule is CC1CCCc2cc(C=O)sc21. The molecule has 64 valence electrons. The van der Waals surface area contributed by atoms with Crippen LogP contribution in [0, 0.1) is 0 Å². The van der Waals surface area contributed by atoms with E-state index >= 15 is 0 Å². The van der Waals surface area contributed by atoms with Gasteiger partial charge in [0, 0.05) is 4.88 Å². The fraction of sp³-hybridized carbons (Fsp3) is 0.500. The molecule has 1 aliphatic rings. The molecule has 0 aliphatic heterocycles. The predicted octanol–water partition coefficient (Wildman–Crippen LogP) is 3.00. The highest BCUT2D eigenvalue weighted by Crippen LogP contribution is 2.36. The van der Waals surface area contributed by atoms with E-state index in [4.69, 9.17) is 0 Å². The van der Waals surface area contributed by atoms with E-state index in [1.54, 1.807) is 11.3 Å². The molecule has 0 radical (unpaired) electrons. The van der Waals surface area contributed by atoms with Crippen molar-refractivity contribution in [3.8, 4) is 0 Å². The number of hydrogen-bond donors (Lipinski definition) is 0. The summed E-state index contributed by atoms with van der Waals surface area (Å²) in [6.07, 6.45) is 4.70. The summed E-state index contributed by atoms with van der Waals surface area (Å²) in [5.74, 6) is 0.674. The smallest absolute Gasteiger partial charge is 0.160 e. The van der Waals surface area contributed by atoms with Gasteiger partial charge in [0.15, 0.2) is 6.29 Å². The molecule has 2 heteroatoms. The lowest BCUT2D eigenvalue weighted by molar-refractivity contribution is 0.112. The van der Waals surface area contributed by atoms with Gasteiger partial charge in [-0.25, -0.2) is 0 Å². The van der Waals surface area contributed by atoms with Crippen LogP contribution in [0.5, 0.6) is 0 Å². The molecule has 1 nitrogen and oxygen atoms in total. The molecule has 0 saturated heterocycles. The van der Waals surface area contributed by atoms with E-state index < -0.39 is 0 Å². The van der Waals surface area contributed by atoms with Gasteiger partial charge in [0.1, 0.15) is 0 Å². The topological polar surface area (TPSA) is 17.1 Å². The summed E-state index contributed by atoms with van der Waals surface area (Å²) in [7, 11) is 0. The van der Waals surface area contributed by atoms with Gasteiger partial charge in [-0.05, 0) is 36.8 Å². The number of carbonyl (C=O) groups excluding carboxylic acids is 1. The van der Waals surface area contributed by atoms with E-state index in [2.05, 4.69) is 13.0 Å². The van der Waals surface area contributed by atoms with Gasteiger partial charge < -0.3 is 0 Å². The third kappa shape index (κ3) is 1.20. The molecule has 0 saturated carbocycles. The molecule has 1 unspecified atom stereocenters. The molecule has 0 fully saturated rings. The molecule has 1 aliphatic carbocycles. The van der Waals surface area contributed by atoms with Crippen molar-refractivity contribution < 1.29 is 4.79 Å². The van der Waals surface area contributed by atoms with Crippen molar-refractivity contribution in [2.24, 2.45) is 0 Å². The lowest BCUT2D eigenvalue weighted by Crippen LogP contribution is -2.02. The maximum atomic E-state index is 10.5. The summed E-state index contributed by atoms with van der Waals surface area (Å²) in [4.78, 5) is 12.9. The Bertz CT molecular complexity index is 301. The molecule has 0 spiro atoms. The first-order valence-electron chi connectivity index (χ1n) is 4.39. The van der Waals surface area contributed by atoms with Crippen LogP contribution in [-0.2, 0) is 6.42 Å². The maximum Gasteiger partial charge on any atom is 0.160 e. The first-order valence-corrected chi connectivity index (χ1v) is 5.20. The number of hydrogen-bond acceptors (Lipinski definition) is 2. The van der Waals surface area contributed by atoms with Gasteiger partial charge >= 0.3 is 0 Å². The lowest BCUT2D eigenvalue weighted by atomic mass is 9.91. The summed E-state index contributed by atoms with van der Waals surface area (Å²) >= 11 is 1.68. The van der Waals surface area contributed by atoms with Crippen LogP contribution >= 0.6 is 11.3 Å². The van der Waals surface area contributed by atoms with Crippen molar-refractivity contribution in [3.05, 3.63) is 21.4 Å². The third-order valence-electron chi connectivity index (χ3n) is 2.51. The molecule has 0 amide bonds. The van der Waals surface area contributed by atoms with Gasteiger partial charge in [-0.15, -0.1) is 11.3 Å². The first kappa shape index (κ1) is 7.99. The summed E-state index contributed by atoms with van der Waals surface area (Å²) in [5, 5.41) is 0. The Kier molecular flexibility index (Phi) is 2.01. The number of fused-ring (bicyclic) bond motifs is 1. The molecule has 12 heavy (non-hydrogen) atoms. The van der Waals surface area contributed by atoms with Crippen LogP contribution in [-0.4, -0.2) is 6.29 Å². The maximum absolute atomic E-state index is 10.5. The van der Waals surface area contributed by atoms with Crippen molar-refractivity contribution in [3.63, 3.8) is 0 Å². The highest BCUT2D eigenvalue weighted by Gasteiger charge is 2.18. The molecule has 1 aromatic rings. The summed E-state index contributed by atoms with van der Waals surface area (Å²) < 4.78 is 0. The van der Waals surface area contributed by atoms with E-state index in [1.807, 2.05) is 0 Å². The fourth-order valence-corrected chi connectivity index (χ4v) is 2.98. The van der Waals surface area contributed by atoms with Crippen molar-refractivity contribution in [2.45, 2.75) is 32.1 Å². The first-order chi connectivity index (χ1) is 5.81. The van der Waals surface area contributed by atoms with E-state index in [1.165, 1.54) is 29.7 Å². The van der Waals surface area contributed by atoms with Crippen molar-refractivity contribution >= 4 is 17.6 Å². The van der Waals surface area contributed by atoms with Crippen LogP contribution in [0.4, 0.5) is 0 Å². The van der Waals surface area contributed by atoms with Crippen molar-refractivity contribution in [1.29, 1.82) is 0 Å². The van der Waals surface area contributed by atoms with Gasteiger partial charge in [0.2, 0.25) is 0 Å². The van der Waals surface area contributed by atoms with Gasteiger partial charge in [-0.2, -0.15) is 0 Å². The number of aldehydes is 1. The van der Waals surface area contributed by atoms with Crippen LogP contribution in [0.15, 0.2) is 6.07 Å². The van der Waals surface area contributed by atoms with E-state index in [0.29, 0.717) is 5.92 Å². The summed E-state index contributed by atoms with van der Waals surface area (Å²) in [6.45, 7) is 2.25. The minimum atomic E-state index is 0.674. The van der Waals surface area contributed by atoms with Crippen LogP contribution in [0.1, 0.15) is 45.8 Å². The zero-order valence-electron chi connectivity index (χ0n) is 7.17. The van der Waals surface area contributed by atoms with Crippen LogP contribution in [0.2, 0.25) is 0 Å². The van der Waals surface area contributed by atoms with Gasteiger partial charge in [0.05, 0.1) is 4.88 Å². The number of thiophene rings is 1. The molecule has 1 aromatic heterocycles. The fourth-order valence-electron chi connectivity index (χ4n) is 1.87. The second kappa shape index (κ2) is 3.02. The Balaban J connectivity index is 2.43. The highest BCUT2D eigenvalue weighted by atomic mass is 32.1. The van der Waals surface area contributed by atoms with Crippen molar-refractivity contribution in [2.75, 3.05) is 0 Å². The van der Waals surface area contributed by atoms with Crippen molar-refractivity contribution in [1.82, 2.24) is 0 Å². The normalized spacial score (nSPS) is 21.9. The summed E-state index contributed by atoms with van der Waals surface area (Å²) in [5.41, 5.74) is 1.42. The third-order valence-corrected chi connectivity index (χ3v) is 3.84. The Labute approximate surface area is 76.4 Å². The average molecular weight is 180 g/mol. The van der Waals surface area contributed by atoms with Gasteiger partial charge in [-0.1, -0.05) is 6.92 Å². The minimum Gasteiger partial charge on any atom is -0.297 e. The molecule has 0 N–H and O–H groups in total. The Morgan fingerprint density at radius 1 is 1.67 bits per heavy atom. The number of carbonyl (C=O) groups is 1. The van der Waals surface area contributed by atoms with E-state index in [-0.39, 0.29) is 0 Å². The largest absolute Gasteiger partial charge is 0.297 e. The minimum absolute atomic E-state index is 0.674. The predicted molar refractivity (Wildman–Crippen MR) is 51.1 cm³/mol. The lowest BCUT2D eigenvalue weighted by Gasteiger charge is -2.17. The molecular weight excluding hydrogens is 168 g/mol. The zero-order chi connectivity index (χ0) is 8.55. The second-order valence-corrected chi connectivity index (χ2v) is 4.56. The van der Waals surface area contributed by atoms with Gasteiger partial charge in [0.25, 0.3) is 0 Å². The number of aryl methyl sites for hydroxylation is 1. The Morgan fingerprint density at radius 2 is 2.50 bits per heavy atom. The van der Waals surface area contributed by atoms with E-state index in [0.717, 1.165) is 11.2 Å². The van der Waals surface area contributed by atoms with Crippen LogP contribution in [0.3, 0.4) is 0 Å². The molecule has 0 aromatic carbocycles. The molecule has 1 atom stereocenters. The van der Waals surface area contributed by atoms with E-state index in [9.17, 15) is 4.79 Å². The molecule has 2 rings (SSSR count). The average Bonchev–Trinajstić information content (AvgIpc) is 2.49.